The predicted octanol–water partition coefficient (Wildman–Crippen LogP) is 1.17. The number of benzene rings is 2. The molecule has 2 amide bonds. The second-order valence-corrected chi connectivity index (χ2v) is 6.31. The molecule has 3 N–H and O–H groups in total. The molecule has 1 atom stereocenters. The monoisotopic (exact) mass is 400 g/mol. The number of hydrogen-bond acceptors (Lipinski definition) is 5. The van der Waals surface area contributed by atoms with E-state index in [2.05, 4.69) is 10.6 Å². The number of carboxylic acids is 1. The van der Waals surface area contributed by atoms with Gasteiger partial charge >= 0.3 is 5.97 Å². The third-order valence-electron chi connectivity index (χ3n) is 4.18. The highest BCUT2D eigenvalue weighted by molar-refractivity contribution is 5.86. The van der Waals surface area contributed by atoms with Gasteiger partial charge in [0.1, 0.15) is 17.5 Å². The minimum Gasteiger partial charge on any atom is -0.497 e. The number of nitrogens with one attached hydrogen (secondary N) is 2. The van der Waals surface area contributed by atoms with Crippen LogP contribution in [0.3, 0.4) is 0 Å². The molecule has 0 fully saturated rings. The van der Waals surface area contributed by atoms with Crippen molar-refractivity contribution < 1.29 is 29.0 Å². The first-order valence-corrected chi connectivity index (χ1v) is 8.96. The third-order valence-corrected chi connectivity index (χ3v) is 4.18. The van der Waals surface area contributed by atoms with Crippen molar-refractivity contribution in [2.24, 2.45) is 0 Å². The van der Waals surface area contributed by atoms with Crippen molar-refractivity contribution in [1.82, 2.24) is 10.6 Å². The Morgan fingerprint density at radius 1 is 0.828 bits per heavy atom. The summed E-state index contributed by atoms with van der Waals surface area (Å²) in [6, 6.07) is 12.7. The molecular weight excluding hydrogens is 376 g/mol. The molecule has 0 aliphatic carbocycles. The Balaban J connectivity index is 1.84. The normalized spacial score (nSPS) is 11.2. The van der Waals surface area contributed by atoms with Crippen molar-refractivity contribution in [2.45, 2.75) is 18.9 Å². The first kappa shape index (κ1) is 21.7. The van der Waals surface area contributed by atoms with Gasteiger partial charge < -0.3 is 25.2 Å². The lowest BCUT2D eigenvalue weighted by atomic mass is 10.1. The van der Waals surface area contributed by atoms with Gasteiger partial charge in [0, 0.05) is 6.54 Å². The predicted molar refractivity (Wildman–Crippen MR) is 106 cm³/mol. The van der Waals surface area contributed by atoms with Gasteiger partial charge in [0.2, 0.25) is 11.8 Å². The molecule has 8 heteroatoms. The van der Waals surface area contributed by atoms with Crippen LogP contribution in [0.4, 0.5) is 0 Å². The fraction of sp³-hybridized carbons (Fsp3) is 0.286. The minimum absolute atomic E-state index is 0.0214. The topological polar surface area (TPSA) is 114 Å². The average Bonchev–Trinajstić information content (AvgIpc) is 2.72. The lowest BCUT2D eigenvalue weighted by molar-refractivity contribution is -0.141. The highest BCUT2D eigenvalue weighted by Crippen LogP contribution is 2.12. The second-order valence-electron chi connectivity index (χ2n) is 6.31. The zero-order chi connectivity index (χ0) is 21.2. The molecule has 8 nitrogen and oxygen atoms in total. The molecule has 0 saturated carbocycles. The van der Waals surface area contributed by atoms with Gasteiger partial charge in [-0.15, -0.1) is 0 Å². The molecule has 0 radical (unpaired) electrons. The van der Waals surface area contributed by atoms with E-state index in [9.17, 15) is 19.5 Å². The maximum Gasteiger partial charge on any atom is 0.328 e. The first-order valence-electron chi connectivity index (χ1n) is 8.96. The van der Waals surface area contributed by atoms with Gasteiger partial charge in [0.15, 0.2) is 0 Å². The Labute approximate surface area is 168 Å². The Bertz CT molecular complexity index is 833. The highest BCUT2D eigenvalue weighted by atomic mass is 16.5. The summed E-state index contributed by atoms with van der Waals surface area (Å²) in [4.78, 5) is 35.6. The summed E-state index contributed by atoms with van der Waals surface area (Å²) in [5, 5.41) is 14.3. The highest BCUT2D eigenvalue weighted by Gasteiger charge is 2.21. The number of carbonyl (C=O) groups excluding carboxylic acids is 2. The van der Waals surface area contributed by atoms with E-state index in [0.717, 1.165) is 11.1 Å². The lowest BCUT2D eigenvalue weighted by Crippen LogP contribution is -2.49. The van der Waals surface area contributed by atoms with Crippen LogP contribution in [0.1, 0.15) is 11.1 Å². The summed E-state index contributed by atoms with van der Waals surface area (Å²) in [5.41, 5.74) is 1.48. The standard InChI is InChI=1S/C21H24N2O6/c1-28-16-7-3-14(4-8-16)11-19(24)22-13-18(21(26)27)23-20(25)12-15-5-9-17(29-2)10-6-15/h3-10,18H,11-13H2,1-2H3,(H,22,24)(H,23,25)(H,26,27)/t18-/m0/s1. The van der Waals surface area contributed by atoms with Crippen LogP contribution in [0, 0.1) is 0 Å². The van der Waals surface area contributed by atoms with Gasteiger partial charge in [-0.2, -0.15) is 0 Å². The Morgan fingerprint density at radius 3 is 1.69 bits per heavy atom. The van der Waals surface area contributed by atoms with Gasteiger partial charge in [-0.1, -0.05) is 24.3 Å². The molecule has 154 valence electrons. The summed E-state index contributed by atoms with van der Waals surface area (Å²) in [5.74, 6) is -0.674. The molecule has 2 rings (SSSR count). The number of methoxy groups -OCH3 is 2. The molecule has 0 unspecified atom stereocenters. The zero-order valence-corrected chi connectivity index (χ0v) is 16.3. The number of hydrogen-bond donors (Lipinski definition) is 3. The average molecular weight is 400 g/mol. The number of carbonyl (C=O) groups is 3. The van der Waals surface area contributed by atoms with Crippen molar-refractivity contribution in [3.63, 3.8) is 0 Å². The van der Waals surface area contributed by atoms with Crippen LogP contribution >= 0.6 is 0 Å². The van der Waals surface area contributed by atoms with Gasteiger partial charge in [-0.25, -0.2) is 4.79 Å². The van der Waals surface area contributed by atoms with Crippen LogP contribution < -0.4 is 20.1 Å². The Morgan fingerprint density at radius 2 is 1.28 bits per heavy atom. The first-order chi connectivity index (χ1) is 13.9. The summed E-state index contributed by atoms with van der Waals surface area (Å²) in [7, 11) is 3.10. The van der Waals surface area contributed by atoms with Gasteiger partial charge in [-0.3, -0.25) is 9.59 Å². The molecule has 0 bridgehead atoms. The number of aliphatic carboxylic acids is 1. The quantitative estimate of drug-likeness (QED) is 0.552. The van der Waals surface area contributed by atoms with Crippen molar-refractivity contribution in [3.05, 3.63) is 59.7 Å². The van der Waals surface area contributed by atoms with Crippen molar-refractivity contribution in [2.75, 3.05) is 20.8 Å². The van der Waals surface area contributed by atoms with E-state index in [-0.39, 0.29) is 25.3 Å². The second kappa shape index (κ2) is 10.7. The summed E-state index contributed by atoms with van der Waals surface area (Å²) in [6.45, 7) is -0.210. The van der Waals surface area contributed by atoms with Crippen LogP contribution in [-0.2, 0) is 27.2 Å². The van der Waals surface area contributed by atoms with Crippen molar-refractivity contribution in [1.29, 1.82) is 0 Å². The largest absolute Gasteiger partial charge is 0.497 e. The molecule has 0 saturated heterocycles. The number of rotatable bonds is 10. The summed E-state index contributed by atoms with van der Waals surface area (Å²) in [6.07, 6.45) is 0.115. The number of amides is 2. The van der Waals surface area contributed by atoms with Crippen molar-refractivity contribution in [3.8, 4) is 11.5 Å². The third kappa shape index (κ3) is 7.17. The molecule has 0 aliphatic rings. The van der Waals surface area contributed by atoms with E-state index in [1.165, 1.54) is 0 Å². The lowest BCUT2D eigenvalue weighted by Gasteiger charge is -2.15. The van der Waals surface area contributed by atoms with Gasteiger partial charge in [0.25, 0.3) is 0 Å². The number of carboxylic acid groups (broad SMARTS) is 1. The van der Waals surface area contributed by atoms with Crippen LogP contribution in [0.15, 0.2) is 48.5 Å². The smallest absolute Gasteiger partial charge is 0.328 e. The maximum absolute atomic E-state index is 12.1. The molecule has 29 heavy (non-hydrogen) atoms. The van der Waals surface area contributed by atoms with Crippen molar-refractivity contribution >= 4 is 17.8 Å². The SMILES string of the molecule is COc1ccc(CC(=O)NC[C@H](NC(=O)Cc2ccc(OC)cc2)C(=O)O)cc1. The molecule has 0 aromatic heterocycles. The van der Waals surface area contributed by atoms with Crippen LogP contribution in [-0.4, -0.2) is 49.7 Å². The Hall–Kier alpha value is -3.55. The molecule has 0 heterocycles. The van der Waals surface area contributed by atoms with E-state index in [4.69, 9.17) is 9.47 Å². The zero-order valence-electron chi connectivity index (χ0n) is 16.3. The minimum atomic E-state index is -1.22. The molecule has 2 aromatic rings. The van der Waals surface area contributed by atoms with Gasteiger partial charge in [0.05, 0.1) is 27.1 Å². The van der Waals surface area contributed by atoms with E-state index in [0.29, 0.717) is 11.5 Å². The van der Waals surface area contributed by atoms with Crippen LogP contribution in [0.2, 0.25) is 0 Å². The fourth-order valence-corrected chi connectivity index (χ4v) is 2.58. The van der Waals surface area contributed by atoms with E-state index >= 15 is 0 Å². The van der Waals surface area contributed by atoms with E-state index in [1.54, 1.807) is 62.8 Å². The maximum atomic E-state index is 12.1. The fourth-order valence-electron chi connectivity index (χ4n) is 2.58. The summed E-state index contributed by atoms with van der Waals surface area (Å²) >= 11 is 0. The van der Waals surface area contributed by atoms with Gasteiger partial charge in [-0.05, 0) is 35.4 Å². The van der Waals surface area contributed by atoms with E-state index in [1.807, 2.05) is 0 Å². The molecule has 0 spiro atoms. The van der Waals surface area contributed by atoms with Crippen LogP contribution in [0.25, 0.3) is 0 Å². The summed E-state index contributed by atoms with van der Waals surface area (Å²) < 4.78 is 10.1. The molecular formula is C21H24N2O6. The Kier molecular flexibility index (Phi) is 8.02. The molecule has 2 aromatic carbocycles. The number of ether oxygens (including phenoxy) is 2. The van der Waals surface area contributed by atoms with Crippen LogP contribution in [0.5, 0.6) is 11.5 Å². The van der Waals surface area contributed by atoms with E-state index < -0.39 is 17.9 Å². The molecule has 0 aliphatic heterocycles.